The number of aliphatic hydroxyl groups is 1. The predicted octanol–water partition coefficient (Wildman–Crippen LogP) is 2.34. The molecule has 5 heteroatoms. The van der Waals surface area contributed by atoms with Crippen LogP contribution in [0.3, 0.4) is 0 Å². The van der Waals surface area contributed by atoms with Gasteiger partial charge in [0.25, 0.3) is 5.91 Å². The number of aromatic nitrogens is 2. The van der Waals surface area contributed by atoms with Crippen molar-refractivity contribution < 1.29 is 9.90 Å². The summed E-state index contributed by atoms with van der Waals surface area (Å²) < 4.78 is 1.77. The van der Waals surface area contributed by atoms with Gasteiger partial charge in [0.2, 0.25) is 0 Å². The quantitative estimate of drug-likeness (QED) is 0.571. The lowest BCUT2D eigenvalue weighted by atomic mass is 9.92. The van der Waals surface area contributed by atoms with Crippen LogP contribution in [0.2, 0.25) is 0 Å². The number of aryl methyl sites for hydroxylation is 1. The van der Waals surface area contributed by atoms with Gasteiger partial charge in [-0.3, -0.25) is 9.48 Å². The molecule has 0 saturated carbocycles. The van der Waals surface area contributed by atoms with Crippen LogP contribution in [0.15, 0.2) is 6.07 Å². The first-order valence-corrected chi connectivity index (χ1v) is 8.20. The highest BCUT2D eigenvalue weighted by atomic mass is 16.3. The molecular weight excluding hydrogens is 290 g/mol. The van der Waals surface area contributed by atoms with Gasteiger partial charge in [-0.05, 0) is 24.8 Å². The van der Waals surface area contributed by atoms with E-state index >= 15 is 0 Å². The van der Waals surface area contributed by atoms with Gasteiger partial charge in [0, 0.05) is 31.5 Å². The fourth-order valence-electron chi connectivity index (χ4n) is 2.05. The molecule has 0 aliphatic heterocycles. The van der Waals surface area contributed by atoms with E-state index in [0.29, 0.717) is 18.8 Å². The molecule has 0 saturated heterocycles. The summed E-state index contributed by atoms with van der Waals surface area (Å²) in [6.07, 6.45) is 7.82. The molecule has 1 rings (SSSR count). The molecule has 23 heavy (non-hydrogen) atoms. The number of nitrogens with zero attached hydrogens (tertiary/aromatic N) is 2. The van der Waals surface area contributed by atoms with Gasteiger partial charge in [0.1, 0.15) is 5.69 Å². The van der Waals surface area contributed by atoms with Crippen molar-refractivity contribution in [1.29, 1.82) is 0 Å². The van der Waals surface area contributed by atoms with Crippen molar-refractivity contribution in [2.24, 2.45) is 5.92 Å². The summed E-state index contributed by atoms with van der Waals surface area (Å²) in [5.41, 5.74) is 1.35. The van der Waals surface area contributed by atoms with Crippen LogP contribution in [0.5, 0.6) is 0 Å². The molecule has 0 aromatic carbocycles. The molecular formula is C18H29N3O2. The highest BCUT2D eigenvalue weighted by molar-refractivity contribution is 5.92. The number of carbonyl (C=O) groups excluding carboxylic acids is 1. The lowest BCUT2D eigenvalue weighted by Crippen LogP contribution is -2.31. The maximum atomic E-state index is 12.4. The van der Waals surface area contributed by atoms with Crippen molar-refractivity contribution in [3.05, 3.63) is 17.5 Å². The summed E-state index contributed by atoms with van der Waals surface area (Å²) in [5, 5.41) is 16.5. The zero-order valence-corrected chi connectivity index (χ0v) is 14.7. The Morgan fingerprint density at radius 3 is 2.74 bits per heavy atom. The third-order valence-corrected chi connectivity index (χ3v) is 3.64. The van der Waals surface area contributed by atoms with Gasteiger partial charge in [-0.1, -0.05) is 27.7 Å². The standard InChI is InChI=1S/C18H29N3O2/c1-6-7-8-9-10-21-15(11-16(20-21)18(3,4)5)17(23)19-12-14(2)13-22/h1,11,14,22H,7-10,12-13H2,2-5H3,(H,19,23). The lowest BCUT2D eigenvalue weighted by molar-refractivity contribution is 0.0931. The normalized spacial score (nSPS) is 12.7. The zero-order chi connectivity index (χ0) is 17.5. The Labute approximate surface area is 139 Å². The molecule has 0 bridgehead atoms. The SMILES string of the molecule is C#CCCCCn1nc(C(C)(C)C)cc1C(=O)NCC(C)CO. The fraction of sp³-hybridized carbons (Fsp3) is 0.667. The van der Waals surface area contributed by atoms with Gasteiger partial charge in [-0.2, -0.15) is 5.10 Å². The Balaban J connectivity index is 2.87. The van der Waals surface area contributed by atoms with Gasteiger partial charge in [0.05, 0.1) is 5.69 Å². The Kier molecular flexibility index (Phi) is 7.31. The van der Waals surface area contributed by atoms with E-state index in [0.717, 1.165) is 25.0 Å². The molecule has 1 unspecified atom stereocenters. The number of amides is 1. The number of rotatable bonds is 8. The van der Waals surface area contributed by atoms with E-state index in [2.05, 4.69) is 37.1 Å². The van der Waals surface area contributed by atoms with Crippen LogP contribution in [0.4, 0.5) is 0 Å². The molecule has 1 aromatic rings. The second-order valence-electron chi connectivity index (χ2n) is 7.05. The first kappa shape index (κ1) is 19.2. The number of hydrogen-bond donors (Lipinski definition) is 2. The third-order valence-electron chi connectivity index (χ3n) is 3.64. The van der Waals surface area contributed by atoms with E-state index in [1.165, 1.54) is 0 Å². The lowest BCUT2D eigenvalue weighted by Gasteiger charge is -2.14. The van der Waals surface area contributed by atoms with Gasteiger partial charge < -0.3 is 10.4 Å². The number of terminal acetylenes is 1. The number of carbonyl (C=O) groups is 1. The second kappa shape index (κ2) is 8.73. The van der Waals surface area contributed by atoms with Crippen molar-refractivity contribution in [3.8, 4) is 12.3 Å². The van der Waals surface area contributed by atoms with Crippen molar-refractivity contribution in [2.45, 2.75) is 58.9 Å². The highest BCUT2D eigenvalue weighted by Gasteiger charge is 2.22. The first-order valence-electron chi connectivity index (χ1n) is 8.20. The largest absolute Gasteiger partial charge is 0.396 e. The summed E-state index contributed by atoms with van der Waals surface area (Å²) in [7, 11) is 0. The zero-order valence-electron chi connectivity index (χ0n) is 14.7. The molecule has 1 heterocycles. The van der Waals surface area contributed by atoms with E-state index in [4.69, 9.17) is 11.5 Å². The molecule has 0 radical (unpaired) electrons. The van der Waals surface area contributed by atoms with Gasteiger partial charge in [-0.25, -0.2) is 0 Å². The number of hydrogen-bond acceptors (Lipinski definition) is 3. The molecule has 2 N–H and O–H groups in total. The smallest absolute Gasteiger partial charge is 0.269 e. The van der Waals surface area contributed by atoms with E-state index in [9.17, 15) is 4.79 Å². The van der Waals surface area contributed by atoms with Crippen LogP contribution in [-0.4, -0.2) is 33.9 Å². The topological polar surface area (TPSA) is 67.2 Å². The molecule has 1 atom stereocenters. The van der Waals surface area contributed by atoms with E-state index in [1.54, 1.807) is 4.68 Å². The van der Waals surface area contributed by atoms with E-state index in [1.807, 2.05) is 13.0 Å². The molecule has 1 amide bonds. The van der Waals surface area contributed by atoms with Crippen LogP contribution in [-0.2, 0) is 12.0 Å². The van der Waals surface area contributed by atoms with Crippen LogP contribution < -0.4 is 5.32 Å². The van der Waals surface area contributed by atoms with Gasteiger partial charge in [0.15, 0.2) is 0 Å². The molecule has 0 fully saturated rings. The minimum Gasteiger partial charge on any atom is -0.396 e. The van der Waals surface area contributed by atoms with Crippen molar-refractivity contribution in [3.63, 3.8) is 0 Å². The summed E-state index contributed by atoms with van der Waals surface area (Å²) in [6, 6.07) is 1.86. The van der Waals surface area contributed by atoms with Crippen molar-refractivity contribution >= 4 is 5.91 Å². The van der Waals surface area contributed by atoms with Crippen molar-refractivity contribution in [2.75, 3.05) is 13.2 Å². The average Bonchev–Trinajstić information content (AvgIpc) is 2.93. The molecule has 1 aromatic heterocycles. The summed E-state index contributed by atoms with van der Waals surface area (Å²) >= 11 is 0. The number of unbranched alkanes of at least 4 members (excludes halogenated alkanes) is 2. The summed E-state index contributed by atoms with van der Waals surface area (Å²) in [6.45, 7) is 9.30. The second-order valence-corrected chi connectivity index (χ2v) is 7.05. The maximum absolute atomic E-state index is 12.4. The van der Waals surface area contributed by atoms with Crippen LogP contribution in [0.1, 0.15) is 63.1 Å². The number of aliphatic hydroxyl groups excluding tert-OH is 1. The Bertz CT molecular complexity index is 550. The third kappa shape index (κ3) is 6.07. The number of nitrogens with one attached hydrogen (secondary N) is 1. The first-order chi connectivity index (χ1) is 10.8. The molecule has 0 aliphatic carbocycles. The minimum atomic E-state index is -0.148. The van der Waals surface area contributed by atoms with E-state index < -0.39 is 0 Å². The minimum absolute atomic E-state index is 0.0352. The van der Waals surface area contributed by atoms with Crippen LogP contribution in [0, 0.1) is 18.3 Å². The van der Waals surface area contributed by atoms with Gasteiger partial charge in [-0.15, -0.1) is 12.3 Å². The van der Waals surface area contributed by atoms with Crippen LogP contribution >= 0.6 is 0 Å². The summed E-state index contributed by atoms with van der Waals surface area (Å²) in [4.78, 5) is 12.4. The summed E-state index contributed by atoms with van der Waals surface area (Å²) in [5.74, 6) is 2.51. The predicted molar refractivity (Wildman–Crippen MR) is 92.2 cm³/mol. The Hall–Kier alpha value is -1.80. The average molecular weight is 319 g/mol. The van der Waals surface area contributed by atoms with Crippen LogP contribution in [0.25, 0.3) is 0 Å². The highest BCUT2D eigenvalue weighted by Crippen LogP contribution is 2.22. The van der Waals surface area contributed by atoms with Gasteiger partial charge >= 0.3 is 0 Å². The van der Waals surface area contributed by atoms with E-state index in [-0.39, 0.29) is 23.8 Å². The monoisotopic (exact) mass is 319 g/mol. The molecule has 128 valence electrons. The Morgan fingerprint density at radius 2 is 2.17 bits per heavy atom. The maximum Gasteiger partial charge on any atom is 0.269 e. The molecule has 0 aliphatic rings. The van der Waals surface area contributed by atoms with Crippen molar-refractivity contribution in [1.82, 2.24) is 15.1 Å². The fourth-order valence-corrected chi connectivity index (χ4v) is 2.05. The molecule has 0 spiro atoms. The molecule has 5 nitrogen and oxygen atoms in total. The Morgan fingerprint density at radius 1 is 1.48 bits per heavy atom.